The van der Waals surface area contributed by atoms with Crippen molar-refractivity contribution in [2.24, 2.45) is 0 Å². The van der Waals surface area contributed by atoms with Crippen molar-refractivity contribution >= 4 is 28.4 Å². The molecule has 1 heterocycles. The Bertz CT molecular complexity index is 1030. The van der Waals surface area contributed by atoms with E-state index in [0.717, 1.165) is 34.3 Å². The second kappa shape index (κ2) is 9.85. The SMILES string of the molecule is COc1cc(-c2cc3cc(OCCCCl)ccc3n2CC(C)NC(C)=O)ccc1F. The van der Waals surface area contributed by atoms with Crippen LogP contribution in [0.25, 0.3) is 22.2 Å². The van der Waals surface area contributed by atoms with Crippen molar-refractivity contribution in [1.29, 1.82) is 0 Å². The van der Waals surface area contributed by atoms with E-state index in [4.69, 9.17) is 21.1 Å². The maximum absolute atomic E-state index is 13.9. The van der Waals surface area contributed by atoms with Crippen molar-refractivity contribution in [3.63, 3.8) is 0 Å². The molecule has 3 rings (SSSR count). The average molecular weight is 433 g/mol. The maximum Gasteiger partial charge on any atom is 0.217 e. The monoisotopic (exact) mass is 432 g/mol. The molecule has 0 radical (unpaired) electrons. The first-order valence-corrected chi connectivity index (χ1v) is 10.4. The van der Waals surface area contributed by atoms with Gasteiger partial charge in [0, 0.05) is 47.6 Å². The summed E-state index contributed by atoms with van der Waals surface area (Å²) in [4.78, 5) is 11.5. The van der Waals surface area contributed by atoms with Gasteiger partial charge in [-0.05, 0) is 55.8 Å². The molecule has 160 valence electrons. The van der Waals surface area contributed by atoms with E-state index in [-0.39, 0.29) is 17.7 Å². The van der Waals surface area contributed by atoms with Gasteiger partial charge in [-0.15, -0.1) is 11.6 Å². The zero-order chi connectivity index (χ0) is 21.7. The number of halogens is 2. The number of rotatable bonds is 9. The van der Waals surface area contributed by atoms with Crippen LogP contribution >= 0.6 is 11.6 Å². The van der Waals surface area contributed by atoms with Crippen LogP contribution in [0.4, 0.5) is 4.39 Å². The van der Waals surface area contributed by atoms with E-state index in [1.807, 2.05) is 31.2 Å². The Balaban J connectivity index is 2.06. The van der Waals surface area contributed by atoms with Crippen molar-refractivity contribution < 1.29 is 18.7 Å². The second-order valence-corrected chi connectivity index (χ2v) is 7.58. The normalized spacial score (nSPS) is 12.0. The molecule has 0 spiro atoms. The number of hydrogen-bond donors (Lipinski definition) is 1. The largest absolute Gasteiger partial charge is 0.494 e. The number of hydrogen-bond acceptors (Lipinski definition) is 3. The maximum atomic E-state index is 13.9. The summed E-state index contributed by atoms with van der Waals surface area (Å²) in [6.45, 7) is 4.56. The molecule has 0 saturated heterocycles. The van der Waals surface area contributed by atoms with Gasteiger partial charge in [0.05, 0.1) is 13.7 Å². The number of carbonyl (C=O) groups excluding carboxylic acids is 1. The van der Waals surface area contributed by atoms with E-state index in [9.17, 15) is 9.18 Å². The first-order chi connectivity index (χ1) is 14.4. The van der Waals surface area contributed by atoms with Crippen LogP contribution in [0, 0.1) is 5.82 Å². The molecule has 5 nitrogen and oxygen atoms in total. The van der Waals surface area contributed by atoms with Crippen LogP contribution in [0.2, 0.25) is 0 Å². The summed E-state index contributed by atoms with van der Waals surface area (Å²) in [6.07, 6.45) is 0.773. The van der Waals surface area contributed by atoms with Crippen LogP contribution in [0.5, 0.6) is 11.5 Å². The molecule has 1 aromatic heterocycles. The van der Waals surface area contributed by atoms with Gasteiger partial charge in [0.15, 0.2) is 11.6 Å². The number of methoxy groups -OCH3 is 1. The lowest BCUT2D eigenvalue weighted by atomic mass is 10.1. The summed E-state index contributed by atoms with van der Waals surface area (Å²) in [5, 5.41) is 3.91. The average Bonchev–Trinajstić information content (AvgIpc) is 3.05. The molecule has 0 fully saturated rings. The van der Waals surface area contributed by atoms with Crippen molar-refractivity contribution in [3.8, 4) is 22.8 Å². The van der Waals surface area contributed by atoms with Crippen LogP contribution in [0.15, 0.2) is 42.5 Å². The highest BCUT2D eigenvalue weighted by Gasteiger charge is 2.16. The lowest BCUT2D eigenvalue weighted by Crippen LogP contribution is -2.34. The molecule has 3 aromatic rings. The van der Waals surface area contributed by atoms with E-state index < -0.39 is 5.82 Å². The number of fused-ring (bicyclic) bond motifs is 1. The summed E-state index contributed by atoms with van der Waals surface area (Å²) in [7, 11) is 1.45. The van der Waals surface area contributed by atoms with E-state index in [1.165, 1.54) is 20.1 Å². The molecule has 7 heteroatoms. The minimum atomic E-state index is -0.412. The molecule has 30 heavy (non-hydrogen) atoms. The molecule has 1 amide bonds. The van der Waals surface area contributed by atoms with Gasteiger partial charge in [0.25, 0.3) is 0 Å². The molecular formula is C23H26ClFN2O3. The van der Waals surface area contributed by atoms with Crippen molar-refractivity contribution in [2.45, 2.75) is 32.9 Å². The molecule has 0 saturated carbocycles. The van der Waals surface area contributed by atoms with Gasteiger partial charge in [-0.2, -0.15) is 0 Å². The van der Waals surface area contributed by atoms with Crippen LogP contribution in [0.3, 0.4) is 0 Å². The summed E-state index contributed by atoms with van der Waals surface area (Å²) in [5.41, 5.74) is 2.72. The minimum absolute atomic E-state index is 0.0843. The third-order valence-electron chi connectivity index (χ3n) is 4.77. The predicted octanol–water partition coefficient (Wildman–Crippen LogP) is 4.99. The molecule has 1 atom stereocenters. The van der Waals surface area contributed by atoms with Gasteiger partial charge >= 0.3 is 0 Å². The standard InChI is InChI=1S/C23H26ClFN2O3/c1-15(26-16(2)28)14-27-21-8-6-19(30-10-4-9-24)11-18(21)12-22(27)17-5-7-20(25)23(13-17)29-3/h5-8,11-13,15H,4,9-10,14H2,1-3H3,(H,26,28). The fourth-order valence-corrected chi connectivity index (χ4v) is 3.61. The number of amides is 1. The molecule has 2 aromatic carbocycles. The number of nitrogens with zero attached hydrogens (tertiary/aromatic N) is 1. The Labute approximate surface area is 180 Å². The highest BCUT2D eigenvalue weighted by atomic mass is 35.5. The summed E-state index contributed by atoms with van der Waals surface area (Å²) >= 11 is 5.72. The Morgan fingerprint density at radius 2 is 2.03 bits per heavy atom. The van der Waals surface area contributed by atoms with Crippen LogP contribution in [-0.2, 0) is 11.3 Å². The highest BCUT2D eigenvalue weighted by molar-refractivity contribution is 6.17. The second-order valence-electron chi connectivity index (χ2n) is 7.20. The number of benzene rings is 2. The summed E-state index contributed by atoms with van der Waals surface area (Å²) in [6, 6.07) is 12.7. The lowest BCUT2D eigenvalue weighted by Gasteiger charge is -2.18. The molecule has 1 unspecified atom stereocenters. The minimum Gasteiger partial charge on any atom is -0.494 e. The van der Waals surface area contributed by atoms with Crippen LogP contribution < -0.4 is 14.8 Å². The number of carbonyl (C=O) groups is 1. The highest BCUT2D eigenvalue weighted by Crippen LogP contribution is 2.33. The fourth-order valence-electron chi connectivity index (χ4n) is 3.50. The van der Waals surface area contributed by atoms with Crippen molar-refractivity contribution in [3.05, 3.63) is 48.3 Å². The van der Waals surface area contributed by atoms with Gasteiger partial charge < -0.3 is 19.4 Å². The van der Waals surface area contributed by atoms with Gasteiger partial charge in [-0.25, -0.2) is 4.39 Å². The van der Waals surface area contributed by atoms with Gasteiger partial charge in [0.1, 0.15) is 5.75 Å². The van der Waals surface area contributed by atoms with Gasteiger partial charge in [0.2, 0.25) is 5.91 Å². The summed E-state index contributed by atoms with van der Waals surface area (Å²) in [5.74, 6) is 1.01. The summed E-state index contributed by atoms with van der Waals surface area (Å²) < 4.78 is 27.0. The number of alkyl halides is 1. The fraction of sp³-hybridized carbons (Fsp3) is 0.348. The van der Waals surface area contributed by atoms with E-state index in [2.05, 4.69) is 9.88 Å². The zero-order valence-electron chi connectivity index (χ0n) is 17.4. The topological polar surface area (TPSA) is 52.5 Å². The third-order valence-corrected chi connectivity index (χ3v) is 5.04. The quantitative estimate of drug-likeness (QED) is 0.383. The third kappa shape index (κ3) is 5.05. The molecule has 0 aliphatic rings. The van der Waals surface area contributed by atoms with Crippen LogP contribution in [-0.4, -0.2) is 36.1 Å². The first-order valence-electron chi connectivity index (χ1n) is 9.86. The molecule has 0 aliphatic carbocycles. The van der Waals surface area contributed by atoms with E-state index in [0.29, 0.717) is 19.0 Å². The van der Waals surface area contributed by atoms with Gasteiger partial charge in [-0.3, -0.25) is 4.79 Å². The van der Waals surface area contributed by atoms with E-state index in [1.54, 1.807) is 12.1 Å². The number of ether oxygens (including phenoxy) is 2. The Morgan fingerprint density at radius 1 is 1.23 bits per heavy atom. The van der Waals surface area contributed by atoms with Gasteiger partial charge in [-0.1, -0.05) is 0 Å². The smallest absolute Gasteiger partial charge is 0.217 e. The van der Waals surface area contributed by atoms with E-state index >= 15 is 0 Å². The Morgan fingerprint density at radius 3 is 2.73 bits per heavy atom. The van der Waals surface area contributed by atoms with Crippen LogP contribution in [0.1, 0.15) is 20.3 Å². The predicted molar refractivity (Wildman–Crippen MR) is 118 cm³/mol. The number of nitrogens with one attached hydrogen (secondary N) is 1. The zero-order valence-corrected chi connectivity index (χ0v) is 18.1. The molecule has 0 aliphatic heterocycles. The molecular weight excluding hydrogens is 407 g/mol. The number of aromatic nitrogens is 1. The lowest BCUT2D eigenvalue weighted by molar-refractivity contribution is -0.119. The first kappa shape index (κ1) is 22.0. The molecule has 1 N–H and O–H groups in total. The van der Waals surface area contributed by atoms with Crippen molar-refractivity contribution in [1.82, 2.24) is 9.88 Å². The Hall–Kier alpha value is -2.73. The Kier molecular flexibility index (Phi) is 7.21. The molecule has 0 bridgehead atoms. The van der Waals surface area contributed by atoms with Crippen molar-refractivity contribution in [2.75, 3.05) is 19.6 Å².